The SMILES string of the molecule is CCCCCC(C)NCCCN1CCCC1. The van der Waals surface area contributed by atoms with Gasteiger partial charge in [-0.05, 0) is 58.8 Å². The summed E-state index contributed by atoms with van der Waals surface area (Å²) in [5.41, 5.74) is 0. The predicted molar refractivity (Wildman–Crippen MR) is 71.9 cm³/mol. The number of unbranched alkanes of at least 4 members (excludes halogenated alkanes) is 2. The van der Waals surface area contributed by atoms with Gasteiger partial charge < -0.3 is 10.2 Å². The quantitative estimate of drug-likeness (QED) is 0.608. The van der Waals surface area contributed by atoms with Crippen LogP contribution in [-0.4, -0.2) is 37.1 Å². The first-order valence-corrected chi connectivity index (χ1v) is 7.28. The second kappa shape index (κ2) is 9.00. The molecule has 0 radical (unpaired) electrons. The highest BCUT2D eigenvalue weighted by Gasteiger charge is 2.10. The van der Waals surface area contributed by atoms with Crippen LogP contribution < -0.4 is 5.32 Å². The van der Waals surface area contributed by atoms with Crippen LogP contribution in [0.15, 0.2) is 0 Å². The summed E-state index contributed by atoms with van der Waals surface area (Å²) in [7, 11) is 0. The molecule has 1 aliphatic rings. The maximum absolute atomic E-state index is 3.64. The van der Waals surface area contributed by atoms with Gasteiger partial charge in [0.2, 0.25) is 0 Å². The summed E-state index contributed by atoms with van der Waals surface area (Å²) in [6.07, 6.45) is 9.61. The summed E-state index contributed by atoms with van der Waals surface area (Å²) in [4.78, 5) is 2.60. The third-order valence-corrected chi connectivity index (χ3v) is 3.58. The zero-order chi connectivity index (χ0) is 11.6. The number of hydrogen-bond acceptors (Lipinski definition) is 2. The standard InChI is InChI=1S/C14H30N2/c1-3-4-5-9-14(2)15-10-8-13-16-11-6-7-12-16/h14-15H,3-13H2,1-2H3. The fourth-order valence-electron chi connectivity index (χ4n) is 2.46. The summed E-state index contributed by atoms with van der Waals surface area (Å²) < 4.78 is 0. The van der Waals surface area contributed by atoms with Gasteiger partial charge >= 0.3 is 0 Å². The summed E-state index contributed by atoms with van der Waals surface area (Å²) in [5, 5.41) is 3.64. The molecule has 1 rings (SSSR count). The Bertz CT molecular complexity index is 153. The first-order valence-electron chi connectivity index (χ1n) is 7.28. The van der Waals surface area contributed by atoms with Gasteiger partial charge in [-0.15, -0.1) is 0 Å². The number of likely N-dealkylation sites (tertiary alicyclic amines) is 1. The Morgan fingerprint density at radius 3 is 2.56 bits per heavy atom. The maximum atomic E-state index is 3.64. The second-order valence-corrected chi connectivity index (χ2v) is 5.25. The van der Waals surface area contributed by atoms with Crippen molar-refractivity contribution >= 4 is 0 Å². The van der Waals surface area contributed by atoms with Crippen LogP contribution in [0.25, 0.3) is 0 Å². The van der Waals surface area contributed by atoms with Gasteiger partial charge in [0.25, 0.3) is 0 Å². The summed E-state index contributed by atoms with van der Waals surface area (Å²) >= 11 is 0. The van der Waals surface area contributed by atoms with Gasteiger partial charge in [-0.3, -0.25) is 0 Å². The van der Waals surface area contributed by atoms with E-state index in [4.69, 9.17) is 0 Å². The van der Waals surface area contributed by atoms with E-state index in [1.54, 1.807) is 0 Å². The lowest BCUT2D eigenvalue weighted by molar-refractivity contribution is 0.327. The molecule has 0 aromatic rings. The maximum Gasteiger partial charge on any atom is 0.00387 e. The van der Waals surface area contributed by atoms with Crippen molar-refractivity contribution in [3.8, 4) is 0 Å². The monoisotopic (exact) mass is 226 g/mol. The molecule has 1 aliphatic heterocycles. The summed E-state index contributed by atoms with van der Waals surface area (Å²) in [6, 6.07) is 0.713. The fraction of sp³-hybridized carbons (Fsp3) is 1.00. The van der Waals surface area contributed by atoms with Gasteiger partial charge in [-0.2, -0.15) is 0 Å². The van der Waals surface area contributed by atoms with Crippen LogP contribution in [0.2, 0.25) is 0 Å². The molecule has 0 amide bonds. The Hall–Kier alpha value is -0.0800. The highest BCUT2D eigenvalue weighted by atomic mass is 15.1. The Kier molecular flexibility index (Phi) is 7.87. The summed E-state index contributed by atoms with van der Waals surface area (Å²) in [5.74, 6) is 0. The van der Waals surface area contributed by atoms with Crippen LogP contribution in [0.1, 0.15) is 58.8 Å². The number of nitrogens with one attached hydrogen (secondary N) is 1. The van der Waals surface area contributed by atoms with Crippen molar-refractivity contribution < 1.29 is 0 Å². The van der Waals surface area contributed by atoms with Gasteiger partial charge in [-0.1, -0.05) is 26.2 Å². The fourth-order valence-corrected chi connectivity index (χ4v) is 2.46. The van der Waals surface area contributed by atoms with E-state index in [0.717, 1.165) is 0 Å². The molecule has 1 N–H and O–H groups in total. The highest BCUT2D eigenvalue weighted by Crippen LogP contribution is 2.07. The topological polar surface area (TPSA) is 15.3 Å². The van der Waals surface area contributed by atoms with Crippen LogP contribution >= 0.6 is 0 Å². The van der Waals surface area contributed by atoms with Gasteiger partial charge in [-0.25, -0.2) is 0 Å². The van der Waals surface area contributed by atoms with E-state index in [1.165, 1.54) is 71.1 Å². The van der Waals surface area contributed by atoms with Gasteiger partial charge in [0.15, 0.2) is 0 Å². The Morgan fingerprint density at radius 1 is 1.12 bits per heavy atom. The minimum absolute atomic E-state index is 0.713. The molecular formula is C14H30N2. The molecule has 0 aliphatic carbocycles. The van der Waals surface area contributed by atoms with Crippen molar-refractivity contribution in [3.63, 3.8) is 0 Å². The van der Waals surface area contributed by atoms with Crippen LogP contribution in [-0.2, 0) is 0 Å². The molecule has 2 nitrogen and oxygen atoms in total. The molecule has 16 heavy (non-hydrogen) atoms. The molecule has 2 heteroatoms. The van der Waals surface area contributed by atoms with Crippen molar-refractivity contribution in [2.75, 3.05) is 26.2 Å². The largest absolute Gasteiger partial charge is 0.314 e. The number of nitrogens with zero attached hydrogens (tertiary/aromatic N) is 1. The lowest BCUT2D eigenvalue weighted by Crippen LogP contribution is -2.30. The van der Waals surface area contributed by atoms with Crippen molar-refractivity contribution in [2.45, 2.75) is 64.8 Å². The minimum atomic E-state index is 0.713. The lowest BCUT2D eigenvalue weighted by Gasteiger charge is -2.17. The molecule has 96 valence electrons. The van der Waals surface area contributed by atoms with E-state index in [1.807, 2.05) is 0 Å². The molecule has 1 saturated heterocycles. The lowest BCUT2D eigenvalue weighted by atomic mass is 10.1. The van der Waals surface area contributed by atoms with Crippen LogP contribution in [0.5, 0.6) is 0 Å². The Morgan fingerprint density at radius 2 is 1.88 bits per heavy atom. The van der Waals surface area contributed by atoms with Crippen LogP contribution in [0.4, 0.5) is 0 Å². The van der Waals surface area contributed by atoms with Crippen molar-refractivity contribution in [3.05, 3.63) is 0 Å². The zero-order valence-electron chi connectivity index (χ0n) is 11.3. The van der Waals surface area contributed by atoms with Crippen molar-refractivity contribution in [1.82, 2.24) is 10.2 Å². The molecule has 1 unspecified atom stereocenters. The molecule has 0 spiro atoms. The molecule has 0 aromatic heterocycles. The van der Waals surface area contributed by atoms with E-state index < -0.39 is 0 Å². The van der Waals surface area contributed by atoms with E-state index in [2.05, 4.69) is 24.1 Å². The molecule has 0 bridgehead atoms. The Labute approximate surface area is 102 Å². The smallest absolute Gasteiger partial charge is 0.00387 e. The average Bonchev–Trinajstić information content (AvgIpc) is 2.78. The van der Waals surface area contributed by atoms with E-state index in [0.29, 0.717) is 6.04 Å². The molecule has 1 heterocycles. The van der Waals surface area contributed by atoms with Crippen LogP contribution in [0.3, 0.4) is 0 Å². The van der Waals surface area contributed by atoms with E-state index in [9.17, 15) is 0 Å². The predicted octanol–water partition coefficient (Wildman–Crippen LogP) is 3.03. The first kappa shape index (κ1) is 14.0. The molecule has 0 saturated carbocycles. The van der Waals surface area contributed by atoms with Gasteiger partial charge in [0.1, 0.15) is 0 Å². The number of hydrogen-bond donors (Lipinski definition) is 1. The van der Waals surface area contributed by atoms with Crippen molar-refractivity contribution in [2.24, 2.45) is 0 Å². The molecule has 0 aromatic carbocycles. The number of rotatable bonds is 9. The first-order chi connectivity index (χ1) is 7.83. The molecular weight excluding hydrogens is 196 g/mol. The highest BCUT2D eigenvalue weighted by molar-refractivity contribution is 4.67. The van der Waals surface area contributed by atoms with Crippen molar-refractivity contribution in [1.29, 1.82) is 0 Å². The minimum Gasteiger partial charge on any atom is -0.314 e. The molecule has 1 fully saturated rings. The van der Waals surface area contributed by atoms with Gasteiger partial charge in [0.05, 0.1) is 0 Å². The average molecular weight is 226 g/mol. The zero-order valence-corrected chi connectivity index (χ0v) is 11.3. The third-order valence-electron chi connectivity index (χ3n) is 3.58. The molecule has 1 atom stereocenters. The Balaban J connectivity index is 1.85. The third kappa shape index (κ3) is 6.49. The normalized spacial score (nSPS) is 19.1. The van der Waals surface area contributed by atoms with E-state index in [-0.39, 0.29) is 0 Å². The van der Waals surface area contributed by atoms with E-state index >= 15 is 0 Å². The van der Waals surface area contributed by atoms with Crippen LogP contribution in [0, 0.1) is 0 Å². The second-order valence-electron chi connectivity index (χ2n) is 5.25. The summed E-state index contributed by atoms with van der Waals surface area (Å²) in [6.45, 7) is 9.77. The van der Waals surface area contributed by atoms with Gasteiger partial charge in [0, 0.05) is 6.04 Å².